The van der Waals surface area contributed by atoms with Crippen LogP contribution in [0.1, 0.15) is 31.9 Å². The van der Waals surface area contributed by atoms with Crippen molar-refractivity contribution in [1.82, 2.24) is 10.3 Å². The summed E-state index contributed by atoms with van der Waals surface area (Å²) < 4.78 is 5.21. The Bertz CT molecular complexity index is 711. The van der Waals surface area contributed by atoms with Gasteiger partial charge in [-0.3, -0.25) is 0 Å². The highest BCUT2D eigenvalue weighted by atomic mass is 16.6. The fourth-order valence-electron chi connectivity index (χ4n) is 2.52. The number of phenols is 1. The molecule has 23 heavy (non-hydrogen) atoms. The monoisotopic (exact) mass is 316 g/mol. The largest absolute Gasteiger partial charge is 0.508 e. The van der Waals surface area contributed by atoms with Gasteiger partial charge in [0.2, 0.25) is 0 Å². The molecule has 5 nitrogen and oxygen atoms in total. The summed E-state index contributed by atoms with van der Waals surface area (Å²) in [6, 6.07) is 3.53. The molecule has 0 aliphatic heterocycles. The topological polar surface area (TPSA) is 74.4 Å². The van der Waals surface area contributed by atoms with Crippen molar-refractivity contribution in [1.29, 1.82) is 0 Å². The molecule has 5 heteroatoms. The van der Waals surface area contributed by atoms with Crippen molar-refractivity contribution in [3.05, 3.63) is 42.1 Å². The van der Waals surface area contributed by atoms with Crippen molar-refractivity contribution >= 4 is 17.0 Å². The Kier molecular flexibility index (Phi) is 4.98. The molecule has 2 rings (SSSR count). The molecule has 1 amide bonds. The number of hydrogen-bond donors (Lipinski definition) is 3. The van der Waals surface area contributed by atoms with Crippen molar-refractivity contribution in [3.63, 3.8) is 0 Å². The predicted molar refractivity (Wildman–Crippen MR) is 91.8 cm³/mol. The predicted octanol–water partition coefficient (Wildman–Crippen LogP) is 3.67. The van der Waals surface area contributed by atoms with Gasteiger partial charge in [-0.1, -0.05) is 6.08 Å². The molecule has 0 fully saturated rings. The van der Waals surface area contributed by atoms with E-state index in [1.54, 1.807) is 12.1 Å². The first-order valence-electron chi connectivity index (χ1n) is 7.70. The summed E-state index contributed by atoms with van der Waals surface area (Å²) in [4.78, 5) is 14.9. The van der Waals surface area contributed by atoms with Crippen LogP contribution in [0.25, 0.3) is 10.9 Å². The van der Waals surface area contributed by atoms with Crippen LogP contribution < -0.4 is 5.32 Å². The second-order valence-corrected chi connectivity index (χ2v) is 6.47. The maximum Gasteiger partial charge on any atom is 0.407 e. The van der Waals surface area contributed by atoms with Gasteiger partial charge in [-0.25, -0.2) is 4.79 Å². The number of benzene rings is 1. The lowest BCUT2D eigenvalue weighted by Gasteiger charge is -2.19. The number of fused-ring (bicyclic) bond motifs is 1. The van der Waals surface area contributed by atoms with E-state index >= 15 is 0 Å². The summed E-state index contributed by atoms with van der Waals surface area (Å²) in [6.45, 7) is 9.70. The van der Waals surface area contributed by atoms with E-state index < -0.39 is 11.7 Å². The number of alkyl carbamates (subject to hydrolysis) is 1. The summed E-state index contributed by atoms with van der Waals surface area (Å²) in [5.74, 6) is 0.262. The Hall–Kier alpha value is -2.43. The highest BCUT2D eigenvalue weighted by Crippen LogP contribution is 2.30. The van der Waals surface area contributed by atoms with E-state index in [-0.39, 0.29) is 5.75 Å². The van der Waals surface area contributed by atoms with Crippen LogP contribution in [0.15, 0.2) is 31.0 Å². The Morgan fingerprint density at radius 3 is 2.83 bits per heavy atom. The number of carbonyl (C=O) groups excluding carboxylic acids is 1. The number of carbonyl (C=O) groups is 1. The van der Waals surface area contributed by atoms with Gasteiger partial charge in [0, 0.05) is 29.2 Å². The smallest absolute Gasteiger partial charge is 0.407 e. The van der Waals surface area contributed by atoms with E-state index in [1.807, 2.05) is 33.0 Å². The maximum absolute atomic E-state index is 11.7. The number of nitrogens with one attached hydrogen (secondary N) is 2. The van der Waals surface area contributed by atoms with E-state index in [0.29, 0.717) is 19.4 Å². The number of phenolic OH excluding ortho intramolecular Hbond substituents is 1. The van der Waals surface area contributed by atoms with Gasteiger partial charge in [0.1, 0.15) is 11.4 Å². The quantitative estimate of drug-likeness (QED) is 0.737. The van der Waals surface area contributed by atoms with E-state index in [1.165, 1.54) is 0 Å². The minimum atomic E-state index is -0.506. The minimum absolute atomic E-state index is 0.262. The van der Waals surface area contributed by atoms with E-state index in [2.05, 4.69) is 16.9 Å². The molecule has 0 aliphatic carbocycles. The molecule has 0 unspecified atom stereocenters. The molecule has 0 radical (unpaired) electrons. The van der Waals surface area contributed by atoms with Crippen molar-refractivity contribution in [2.75, 3.05) is 6.54 Å². The van der Waals surface area contributed by atoms with Gasteiger partial charge in [-0.15, -0.1) is 6.58 Å². The normalized spacial score (nSPS) is 11.4. The summed E-state index contributed by atoms with van der Waals surface area (Å²) in [5, 5.41) is 13.8. The second-order valence-electron chi connectivity index (χ2n) is 6.47. The third kappa shape index (κ3) is 4.28. The number of amides is 1. The number of rotatable bonds is 5. The van der Waals surface area contributed by atoms with Crippen LogP contribution >= 0.6 is 0 Å². The van der Waals surface area contributed by atoms with Crippen molar-refractivity contribution in [3.8, 4) is 5.75 Å². The van der Waals surface area contributed by atoms with Crippen molar-refractivity contribution < 1.29 is 14.6 Å². The molecular weight excluding hydrogens is 292 g/mol. The van der Waals surface area contributed by atoms with E-state index in [9.17, 15) is 9.90 Å². The molecule has 1 aromatic heterocycles. The first-order valence-corrected chi connectivity index (χ1v) is 7.70. The number of ether oxygens (including phenoxy) is 1. The minimum Gasteiger partial charge on any atom is -0.508 e. The molecule has 1 heterocycles. The fraction of sp³-hybridized carbons (Fsp3) is 0.389. The molecule has 0 aliphatic rings. The lowest BCUT2D eigenvalue weighted by atomic mass is 10.0. The Morgan fingerprint density at radius 1 is 1.43 bits per heavy atom. The first-order chi connectivity index (χ1) is 10.8. The van der Waals surface area contributed by atoms with Crippen LogP contribution in [0, 0.1) is 0 Å². The Morgan fingerprint density at radius 2 is 2.17 bits per heavy atom. The third-order valence-electron chi connectivity index (χ3n) is 3.42. The fourth-order valence-corrected chi connectivity index (χ4v) is 2.52. The zero-order valence-electron chi connectivity index (χ0n) is 13.9. The van der Waals surface area contributed by atoms with Gasteiger partial charge in [0.25, 0.3) is 0 Å². The zero-order chi connectivity index (χ0) is 17.0. The van der Waals surface area contributed by atoms with Crippen LogP contribution in [0.3, 0.4) is 0 Å². The zero-order valence-corrected chi connectivity index (χ0v) is 13.9. The van der Waals surface area contributed by atoms with Gasteiger partial charge in [0.15, 0.2) is 0 Å². The molecule has 2 aromatic rings. The summed E-state index contributed by atoms with van der Waals surface area (Å²) in [5.41, 5.74) is 2.36. The van der Waals surface area contributed by atoms with Crippen LogP contribution in [-0.2, 0) is 17.6 Å². The van der Waals surface area contributed by atoms with Gasteiger partial charge >= 0.3 is 6.09 Å². The molecule has 0 atom stereocenters. The number of aromatic amines is 1. The third-order valence-corrected chi connectivity index (χ3v) is 3.42. The summed E-state index contributed by atoms with van der Waals surface area (Å²) in [7, 11) is 0. The molecule has 1 aromatic carbocycles. The van der Waals surface area contributed by atoms with Gasteiger partial charge < -0.3 is 20.1 Å². The molecule has 124 valence electrons. The van der Waals surface area contributed by atoms with E-state index in [4.69, 9.17) is 4.74 Å². The average molecular weight is 316 g/mol. The highest BCUT2D eigenvalue weighted by Gasteiger charge is 2.16. The van der Waals surface area contributed by atoms with Crippen LogP contribution in [0.5, 0.6) is 5.75 Å². The maximum atomic E-state index is 11.7. The number of H-pyrrole nitrogens is 1. The molecule has 0 saturated carbocycles. The van der Waals surface area contributed by atoms with Crippen LogP contribution in [0.4, 0.5) is 4.79 Å². The molecule has 0 spiro atoms. The second kappa shape index (κ2) is 6.77. The van der Waals surface area contributed by atoms with Crippen molar-refractivity contribution in [2.45, 2.75) is 39.2 Å². The Balaban J connectivity index is 2.10. The molecular formula is C18H24N2O3. The highest BCUT2D eigenvalue weighted by molar-refractivity contribution is 5.89. The molecule has 3 N–H and O–H groups in total. The van der Waals surface area contributed by atoms with Crippen molar-refractivity contribution in [2.24, 2.45) is 0 Å². The summed E-state index contributed by atoms with van der Waals surface area (Å²) >= 11 is 0. The number of aromatic hydroxyl groups is 1. The number of aromatic nitrogens is 1. The molecule has 0 bridgehead atoms. The first kappa shape index (κ1) is 16.9. The van der Waals surface area contributed by atoms with Crippen LogP contribution in [0.2, 0.25) is 0 Å². The van der Waals surface area contributed by atoms with Gasteiger partial charge in [0.05, 0.1) is 0 Å². The number of allylic oxidation sites excluding steroid dienone is 1. The van der Waals surface area contributed by atoms with Gasteiger partial charge in [-0.2, -0.15) is 0 Å². The summed E-state index contributed by atoms with van der Waals surface area (Å²) in [6.07, 6.45) is 4.49. The Labute approximate surface area is 136 Å². The lowest BCUT2D eigenvalue weighted by Crippen LogP contribution is -2.33. The van der Waals surface area contributed by atoms with Crippen LogP contribution in [-0.4, -0.2) is 28.3 Å². The average Bonchev–Trinajstić information content (AvgIpc) is 2.84. The SMILES string of the molecule is C=CCc1c(O)ccc2[nH]cc(CCNC(=O)OC(C)(C)C)c12. The molecule has 0 saturated heterocycles. The number of hydrogen-bond acceptors (Lipinski definition) is 3. The van der Waals surface area contributed by atoms with Gasteiger partial charge in [-0.05, 0) is 51.3 Å². The van der Waals surface area contributed by atoms with E-state index in [0.717, 1.165) is 22.0 Å². The standard InChI is InChI=1S/C18H24N2O3/c1-5-6-13-15(21)8-7-14-16(13)12(11-20-14)9-10-19-17(22)23-18(2,3)4/h5,7-8,11,20-21H,1,6,9-10H2,2-4H3,(H,19,22). The lowest BCUT2D eigenvalue weighted by molar-refractivity contribution is 0.0528.